The lowest BCUT2D eigenvalue weighted by atomic mass is 10.0. The van der Waals surface area contributed by atoms with E-state index in [1.165, 1.54) is 6.07 Å². The molecule has 6 rings (SSSR count). The van der Waals surface area contributed by atoms with Crippen LogP contribution in [0.2, 0.25) is 0 Å². The molecule has 0 saturated carbocycles. The molecule has 2 saturated heterocycles. The third kappa shape index (κ3) is 4.53. The van der Waals surface area contributed by atoms with E-state index in [0.29, 0.717) is 48.8 Å². The van der Waals surface area contributed by atoms with Crippen molar-refractivity contribution in [3.63, 3.8) is 0 Å². The number of hydrogen-bond acceptors (Lipinski definition) is 9. The van der Waals surface area contributed by atoms with Crippen LogP contribution in [0.1, 0.15) is 42.9 Å². The van der Waals surface area contributed by atoms with E-state index in [4.69, 9.17) is 0 Å². The fourth-order valence-electron chi connectivity index (χ4n) is 5.07. The number of hydrogen-bond donors (Lipinski definition) is 3. The van der Waals surface area contributed by atoms with Crippen LogP contribution in [-0.2, 0) is 0 Å². The van der Waals surface area contributed by atoms with Crippen molar-refractivity contribution >= 4 is 23.0 Å². The zero-order valence-electron chi connectivity index (χ0n) is 19.9. The number of aliphatic hydroxyl groups is 2. The number of halogens is 2. The minimum absolute atomic E-state index is 0.177. The highest BCUT2D eigenvalue weighted by Gasteiger charge is 2.30. The van der Waals surface area contributed by atoms with E-state index in [1.807, 2.05) is 9.80 Å². The predicted molar refractivity (Wildman–Crippen MR) is 132 cm³/mol. The van der Waals surface area contributed by atoms with E-state index >= 15 is 0 Å². The SMILES string of the molecule is OC(Nc1cnc2ccc(N3CCC[C@@H]3c3cc(F)ccc3F)nn12)c1ncc(N2CC[C@H](O)C2)cn1. The van der Waals surface area contributed by atoms with Crippen LogP contribution in [0.5, 0.6) is 0 Å². The summed E-state index contributed by atoms with van der Waals surface area (Å²) >= 11 is 0. The van der Waals surface area contributed by atoms with E-state index in [0.717, 1.165) is 30.8 Å². The number of imidazole rings is 1. The predicted octanol–water partition coefficient (Wildman–Crippen LogP) is 2.81. The minimum atomic E-state index is -1.22. The Morgan fingerprint density at radius 2 is 1.84 bits per heavy atom. The summed E-state index contributed by atoms with van der Waals surface area (Å²) in [7, 11) is 0. The first-order valence-electron chi connectivity index (χ1n) is 12.2. The minimum Gasteiger partial charge on any atom is -0.391 e. The average molecular weight is 509 g/mol. The van der Waals surface area contributed by atoms with Gasteiger partial charge in [-0.15, -0.1) is 5.10 Å². The van der Waals surface area contributed by atoms with Crippen molar-refractivity contribution in [2.75, 3.05) is 34.8 Å². The Morgan fingerprint density at radius 3 is 2.62 bits per heavy atom. The summed E-state index contributed by atoms with van der Waals surface area (Å²) in [5.74, 6) is 0.264. The summed E-state index contributed by atoms with van der Waals surface area (Å²) in [6, 6.07) is 6.76. The monoisotopic (exact) mass is 508 g/mol. The second-order valence-corrected chi connectivity index (χ2v) is 9.36. The van der Waals surface area contributed by atoms with Gasteiger partial charge in [-0.05, 0) is 49.6 Å². The Hall–Kier alpha value is -3.90. The van der Waals surface area contributed by atoms with Crippen LogP contribution >= 0.6 is 0 Å². The van der Waals surface area contributed by atoms with E-state index in [9.17, 15) is 19.0 Å². The van der Waals surface area contributed by atoms with Gasteiger partial charge in [0.25, 0.3) is 0 Å². The van der Waals surface area contributed by atoms with E-state index < -0.39 is 17.9 Å². The Bertz CT molecular complexity index is 1420. The number of rotatable bonds is 6. The van der Waals surface area contributed by atoms with Gasteiger partial charge in [-0.25, -0.2) is 23.7 Å². The van der Waals surface area contributed by atoms with E-state index in [2.05, 4.69) is 25.4 Å². The fraction of sp³-hybridized carbons (Fsp3) is 0.360. The third-order valence-electron chi connectivity index (χ3n) is 6.93. The van der Waals surface area contributed by atoms with Gasteiger partial charge in [0.1, 0.15) is 17.5 Å². The molecule has 12 heteroatoms. The Balaban J connectivity index is 1.23. The van der Waals surface area contributed by atoms with Gasteiger partial charge in [0.2, 0.25) is 0 Å². The topological polar surface area (TPSA) is 115 Å². The zero-order chi connectivity index (χ0) is 25.5. The molecule has 1 unspecified atom stereocenters. The molecule has 192 valence electrons. The van der Waals surface area contributed by atoms with Crippen molar-refractivity contribution < 1.29 is 19.0 Å². The normalized spacial score (nSPS) is 20.6. The summed E-state index contributed by atoms with van der Waals surface area (Å²) in [4.78, 5) is 16.8. The number of aromatic nitrogens is 5. The standard InChI is InChI=1S/C25H26F2N8O2/c26-15-3-4-19(27)18(10-15)20-2-1-8-34(20)22-6-5-21-28-13-23(35(21)32-22)31-25(37)24-29-11-16(12-30-24)33-9-7-17(36)14-33/h3-6,10-13,17,20,25,31,36-37H,1-2,7-9,14H2/t17-,20+,25?/m0/s1. The fourth-order valence-corrected chi connectivity index (χ4v) is 5.07. The van der Waals surface area contributed by atoms with Crippen LogP contribution in [-0.4, -0.2) is 60.5 Å². The quantitative estimate of drug-likeness (QED) is 0.338. The Morgan fingerprint density at radius 1 is 1.00 bits per heavy atom. The number of aliphatic hydroxyl groups excluding tert-OH is 2. The maximum atomic E-state index is 14.5. The van der Waals surface area contributed by atoms with Crippen molar-refractivity contribution in [1.82, 2.24) is 24.6 Å². The molecule has 4 aromatic rings. The van der Waals surface area contributed by atoms with Gasteiger partial charge in [0.15, 0.2) is 23.5 Å². The number of fused-ring (bicyclic) bond motifs is 1. The van der Waals surface area contributed by atoms with Crippen LogP contribution in [0.3, 0.4) is 0 Å². The number of benzene rings is 1. The summed E-state index contributed by atoms with van der Waals surface area (Å²) < 4.78 is 29.9. The molecule has 2 aliphatic rings. The first-order valence-corrected chi connectivity index (χ1v) is 12.2. The summed E-state index contributed by atoms with van der Waals surface area (Å²) in [5, 5.41) is 28.1. The first kappa shape index (κ1) is 23.5. The molecule has 5 heterocycles. The van der Waals surface area contributed by atoms with Crippen LogP contribution in [0, 0.1) is 11.6 Å². The van der Waals surface area contributed by atoms with Crippen molar-refractivity contribution in [3.05, 3.63) is 71.9 Å². The van der Waals surface area contributed by atoms with Crippen LogP contribution in [0.15, 0.2) is 48.9 Å². The van der Waals surface area contributed by atoms with Crippen molar-refractivity contribution in [3.8, 4) is 0 Å². The van der Waals surface area contributed by atoms with Crippen LogP contribution in [0.4, 0.5) is 26.1 Å². The molecule has 3 aromatic heterocycles. The molecule has 2 aliphatic heterocycles. The largest absolute Gasteiger partial charge is 0.391 e. The second-order valence-electron chi connectivity index (χ2n) is 9.36. The van der Waals surface area contributed by atoms with Gasteiger partial charge in [-0.3, -0.25) is 0 Å². The molecular weight excluding hydrogens is 482 g/mol. The Labute approximate surface area is 211 Å². The van der Waals surface area contributed by atoms with Crippen LogP contribution in [0.25, 0.3) is 5.65 Å². The molecule has 0 aliphatic carbocycles. The van der Waals surface area contributed by atoms with Crippen molar-refractivity contribution in [2.45, 2.75) is 37.6 Å². The van der Waals surface area contributed by atoms with E-state index in [-0.39, 0.29) is 18.0 Å². The maximum Gasteiger partial charge on any atom is 0.187 e. The summed E-state index contributed by atoms with van der Waals surface area (Å²) in [6.07, 6.45) is 5.40. The molecule has 0 radical (unpaired) electrons. The highest BCUT2D eigenvalue weighted by molar-refractivity contribution is 5.54. The molecule has 2 fully saturated rings. The molecule has 1 aromatic carbocycles. The molecule has 0 spiro atoms. The van der Waals surface area contributed by atoms with Crippen molar-refractivity contribution in [2.24, 2.45) is 0 Å². The smallest absolute Gasteiger partial charge is 0.187 e. The molecule has 0 bridgehead atoms. The van der Waals surface area contributed by atoms with Gasteiger partial charge in [-0.1, -0.05) is 0 Å². The summed E-state index contributed by atoms with van der Waals surface area (Å²) in [5.41, 5.74) is 1.64. The molecule has 0 amide bonds. The molecule has 37 heavy (non-hydrogen) atoms. The van der Waals surface area contributed by atoms with Gasteiger partial charge in [0, 0.05) is 25.2 Å². The molecule has 10 nitrogen and oxygen atoms in total. The van der Waals surface area contributed by atoms with Crippen molar-refractivity contribution in [1.29, 1.82) is 0 Å². The highest BCUT2D eigenvalue weighted by Crippen LogP contribution is 2.37. The highest BCUT2D eigenvalue weighted by atomic mass is 19.1. The van der Waals surface area contributed by atoms with E-state index in [1.54, 1.807) is 35.2 Å². The average Bonchev–Trinajstić information content (AvgIpc) is 3.65. The second kappa shape index (κ2) is 9.52. The molecular formula is C25H26F2N8O2. The maximum absolute atomic E-state index is 14.5. The number of anilines is 3. The lowest BCUT2D eigenvalue weighted by molar-refractivity contribution is 0.196. The summed E-state index contributed by atoms with van der Waals surface area (Å²) in [6.45, 7) is 1.90. The van der Waals surface area contributed by atoms with Gasteiger partial charge in [-0.2, -0.15) is 4.52 Å². The first-order chi connectivity index (χ1) is 18.0. The zero-order valence-corrected chi connectivity index (χ0v) is 19.9. The molecule has 3 atom stereocenters. The number of nitrogens with one attached hydrogen (secondary N) is 1. The van der Waals surface area contributed by atoms with Gasteiger partial charge >= 0.3 is 0 Å². The van der Waals surface area contributed by atoms with Gasteiger partial charge in [0.05, 0.1) is 36.4 Å². The third-order valence-corrected chi connectivity index (χ3v) is 6.93. The lowest BCUT2D eigenvalue weighted by Gasteiger charge is -2.26. The van der Waals surface area contributed by atoms with Gasteiger partial charge < -0.3 is 25.3 Å². The van der Waals surface area contributed by atoms with Crippen LogP contribution < -0.4 is 15.1 Å². The Kier molecular flexibility index (Phi) is 6.05. The lowest BCUT2D eigenvalue weighted by Crippen LogP contribution is -2.25. The number of nitrogens with zero attached hydrogens (tertiary/aromatic N) is 7. The molecule has 3 N–H and O–H groups in total. The number of β-amino-alcohol motifs (C(OH)–C–C–N with tert-alkyl or cyclic N) is 1.